The Morgan fingerprint density at radius 2 is 2.17 bits per heavy atom. The van der Waals surface area contributed by atoms with Crippen molar-refractivity contribution < 1.29 is 9.53 Å². The minimum atomic E-state index is -0.138. The van der Waals surface area contributed by atoms with Gasteiger partial charge in [0.25, 0.3) is 5.91 Å². The number of rotatable bonds is 6. The Morgan fingerprint density at radius 3 is 2.89 bits per heavy atom. The second-order valence-electron chi connectivity index (χ2n) is 5.58. The van der Waals surface area contributed by atoms with E-state index in [1.54, 1.807) is 0 Å². The molecule has 2 rings (SSSR count). The van der Waals surface area contributed by atoms with Crippen molar-refractivity contribution in [2.24, 2.45) is 11.7 Å². The van der Waals surface area contributed by atoms with Gasteiger partial charge in [-0.1, -0.05) is 12.8 Å². The Labute approximate surface area is 110 Å². The van der Waals surface area contributed by atoms with Gasteiger partial charge in [0.1, 0.15) is 6.10 Å². The molecule has 0 spiro atoms. The van der Waals surface area contributed by atoms with E-state index >= 15 is 0 Å². The lowest BCUT2D eigenvalue weighted by Gasteiger charge is -2.20. The molecule has 0 aromatic carbocycles. The monoisotopic (exact) mass is 254 g/mol. The van der Waals surface area contributed by atoms with Gasteiger partial charge in [-0.05, 0) is 44.6 Å². The van der Waals surface area contributed by atoms with E-state index in [1.165, 1.54) is 25.7 Å². The molecule has 2 N–H and O–H groups in total. The molecule has 0 aromatic rings. The van der Waals surface area contributed by atoms with Crippen LogP contribution in [0.5, 0.6) is 0 Å². The Hall–Kier alpha value is -0.610. The third kappa shape index (κ3) is 3.69. The third-order valence-corrected chi connectivity index (χ3v) is 4.12. The Bertz CT molecular complexity index is 265. The highest BCUT2D eigenvalue weighted by atomic mass is 16.5. The van der Waals surface area contributed by atoms with Gasteiger partial charge in [-0.2, -0.15) is 0 Å². The van der Waals surface area contributed by atoms with E-state index in [0.717, 1.165) is 45.5 Å². The van der Waals surface area contributed by atoms with Crippen molar-refractivity contribution in [3.63, 3.8) is 0 Å². The number of nitrogens with zero attached hydrogens (tertiary/aromatic N) is 1. The summed E-state index contributed by atoms with van der Waals surface area (Å²) < 4.78 is 5.47. The number of amides is 1. The molecule has 2 heterocycles. The first-order valence-electron chi connectivity index (χ1n) is 7.41. The third-order valence-electron chi connectivity index (χ3n) is 4.12. The molecule has 4 nitrogen and oxygen atoms in total. The summed E-state index contributed by atoms with van der Waals surface area (Å²) >= 11 is 0. The van der Waals surface area contributed by atoms with E-state index in [9.17, 15) is 4.79 Å². The topological polar surface area (TPSA) is 55.6 Å². The van der Waals surface area contributed by atoms with Gasteiger partial charge in [-0.15, -0.1) is 0 Å². The summed E-state index contributed by atoms with van der Waals surface area (Å²) in [5, 5.41) is 0. The molecule has 0 aromatic heterocycles. The largest absolute Gasteiger partial charge is 0.368 e. The average molecular weight is 254 g/mol. The maximum absolute atomic E-state index is 12.2. The molecule has 0 saturated carbocycles. The van der Waals surface area contributed by atoms with Crippen molar-refractivity contribution in [3.8, 4) is 0 Å². The molecule has 4 heteroatoms. The number of hydrogen-bond acceptors (Lipinski definition) is 3. The quantitative estimate of drug-likeness (QED) is 0.731. The van der Waals surface area contributed by atoms with Gasteiger partial charge in [0.15, 0.2) is 0 Å². The number of ether oxygens (including phenoxy) is 1. The zero-order valence-electron chi connectivity index (χ0n) is 11.3. The molecule has 104 valence electrons. The van der Waals surface area contributed by atoms with Gasteiger partial charge in [0.05, 0.1) is 0 Å². The van der Waals surface area contributed by atoms with Gasteiger partial charge >= 0.3 is 0 Å². The predicted octanol–water partition coefficient (Wildman–Crippen LogP) is 1.53. The molecular formula is C14H26N2O2. The lowest BCUT2D eigenvalue weighted by molar-refractivity contribution is -0.139. The summed E-state index contributed by atoms with van der Waals surface area (Å²) in [6.45, 7) is 3.43. The Morgan fingerprint density at radius 1 is 1.28 bits per heavy atom. The molecule has 2 saturated heterocycles. The standard InChI is InChI=1S/C14H26N2O2/c15-8-3-1-2-5-12-7-9-16(11-12)14(17)13-6-4-10-18-13/h12-13H,1-11,15H2. The second kappa shape index (κ2) is 7.10. The maximum Gasteiger partial charge on any atom is 0.251 e. The summed E-state index contributed by atoms with van der Waals surface area (Å²) in [5.74, 6) is 0.935. The molecule has 2 aliphatic rings. The van der Waals surface area contributed by atoms with Crippen molar-refractivity contribution in [3.05, 3.63) is 0 Å². The lowest BCUT2D eigenvalue weighted by Crippen LogP contribution is -2.37. The first kappa shape index (κ1) is 13.8. The van der Waals surface area contributed by atoms with E-state index < -0.39 is 0 Å². The van der Waals surface area contributed by atoms with Crippen LogP contribution in [-0.2, 0) is 9.53 Å². The number of likely N-dealkylation sites (tertiary alicyclic amines) is 1. The zero-order valence-corrected chi connectivity index (χ0v) is 11.3. The highest BCUT2D eigenvalue weighted by Gasteiger charge is 2.32. The SMILES string of the molecule is NCCCCCC1CCN(C(=O)C2CCCO2)C1. The molecule has 0 radical (unpaired) electrons. The molecule has 0 aliphatic carbocycles. The van der Waals surface area contributed by atoms with Crippen LogP contribution < -0.4 is 5.73 Å². The van der Waals surface area contributed by atoms with Crippen LogP contribution >= 0.6 is 0 Å². The predicted molar refractivity (Wildman–Crippen MR) is 71.2 cm³/mol. The van der Waals surface area contributed by atoms with Crippen LogP contribution in [0.25, 0.3) is 0 Å². The molecule has 2 aliphatic heterocycles. The first-order chi connectivity index (χ1) is 8.81. The van der Waals surface area contributed by atoms with Crippen LogP contribution in [0, 0.1) is 5.92 Å². The van der Waals surface area contributed by atoms with Gasteiger partial charge in [-0.3, -0.25) is 4.79 Å². The van der Waals surface area contributed by atoms with Crippen molar-refractivity contribution in [1.29, 1.82) is 0 Å². The molecule has 0 bridgehead atoms. The summed E-state index contributed by atoms with van der Waals surface area (Å²) in [6, 6.07) is 0. The fraction of sp³-hybridized carbons (Fsp3) is 0.929. The van der Waals surface area contributed by atoms with E-state index in [0.29, 0.717) is 5.92 Å². The fourth-order valence-corrected chi connectivity index (χ4v) is 3.00. The summed E-state index contributed by atoms with van der Waals surface area (Å²) in [7, 11) is 0. The van der Waals surface area contributed by atoms with Crippen LogP contribution in [0.4, 0.5) is 0 Å². The summed E-state index contributed by atoms with van der Waals surface area (Å²) in [4.78, 5) is 14.2. The van der Waals surface area contributed by atoms with Crippen molar-refractivity contribution >= 4 is 5.91 Å². The molecule has 2 atom stereocenters. The molecule has 1 amide bonds. The molecular weight excluding hydrogens is 228 g/mol. The number of nitrogens with two attached hydrogens (primary N) is 1. The van der Waals surface area contributed by atoms with Crippen LogP contribution in [0.1, 0.15) is 44.9 Å². The molecule has 18 heavy (non-hydrogen) atoms. The highest BCUT2D eigenvalue weighted by Crippen LogP contribution is 2.24. The maximum atomic E-state index is 12.2. The minimum absolute atomic E-state index is 0.138. The number of unbranched alkanes of at least 4 members (excludes halogenated alkanes) is 2. The van der Waals surface area contributed by atoms with Crippen LogP contribution in [-0.4, -0.2) is 43.2 Å². The minimum Gasteiger partial charge on any atom is -0.368 e. The smallest absolute Gasteiger partial charge is 0.251 e. The average Bonchev–Trinajstić information content (AvgIpc) is 3.05. The van der Waals surface area contributed by atoms with Gasteiger partial charge in [0, 0.05) is 19.7 Å². The van der Waals surface area contributed by atoms with E-state index in [4.69, 9.17) is 10.5 Å². The van der Waals surface area contributed by atoms with Gasteiger partial charge < -0.3 is 15.4 Å². The van der Waals surface area contributed by atoms with E-state index in [-0.39, 0.29) is 12.0 Å². The fourth-order valence-electron chi connectivity index (χ4n) is 3.00. The number of carbonyl (C=O) groups is 1. The Kier molecular flexibility index (Phi) is 5.45. The van der Waals surface area contributed by atoms with Crippen molar-refractivity contribution in [1.82, 2.24) is 4.90 Å². The number of hydrogen-bond donors (Lipinski definition) is 1. The summed E-state index contributed by atoms with van der Waals surface area (Å²) in [6.07, 6.45) is 7.84. The van der Waals surface area contributed by atoms with Crippen LogP contribution in [0.2, 0.25) is 0 Å². The molecule has 2 unspecified atom stereocenters. The van der Waals surface area contributed by atoms with Crippen LogP contribution in [0.15, 0.2) is 0 Å². The highest BCUT2D eigenvalue weighted by molar-refractivity contribution is 5.81. The van der Waals surface area contributed by atoms with Crippen molar-refractivity contribution in [2.75, 3.05) is 26.2 Å². The van der Waals surface area contributed by atoms with E-state index in [2.05, 4.69) is 0 Å². The van der Waals surface area contributed by atoms with Crippen LogP contribution in [0.3, 0.4) is 0 Å². The van der Waals surface area contributed by atoms with Gasteiger partial charge in [-0.25, -0.2) is 0 Å². The number of carbonyl (C=O) groups excluding carboxylic acids is 1. The molecule has 2 fully saturated rings. The van der Waals surface area contributed by atoms with E-state index in [1.807, 2.05) is 4.90 Å². The zero-order chi connectivity index (χ0) is 12.8. The summed E-state index contributed by atoms with van der Waals surface area (Å²) in [5.41, 5.74) is 5.49. The lowest BCUT2D eigenvalue weighted by atomic mass is 10.0. The Balaban J connectivity index is 1.66. The normalized spacial score (nSPS) is 27.9. The van der Waals surface area contributed by atoms with Gasteiger partial charge in [0.2, 0.25) is 0 Å². The van der Waals surface area contributed by atoms with Crippen molar-refractivity contribution in [2.45, 2.75) is 51.0 Å². The second-order valence-corrected chi connectivity index (χ2v) is 5.58. The first-order valence-corrected chi connectivity index (χ1v) is 7.41.